The first-order valence-corrected chi connectivity index (χ1v) is 7.59. The van der Waals surface area contributed by atoms with E-state index in [0.29, 0.717) is 0 Å². The van der Waals surface area contributed by atoms with E-state index in [4.69, 9.17) is 0 Å². The molecule has 96 valence electrons. The molecule has 17 heavy (non-hydrogen) atoms. The average Bonchev–Trinajstić information content (AvgIpc) is 2.63. The van der Waals surface area contributed by atoms with Crippen LogP contribution < -0.4 is 5.32 Å². The fraction of sp³-hybridized carbons (Fsp3) is 0.667. The Kier molecular flexibility index (Phi) is 4.60. The van der Waals surface area contributed by atoms with E-state index in [0.717, 1.165) is 39.0 Å². The van der Waals surface area contributed by atoms with Crippen molar-refractivity contribution in [2.24, 2.45) is 0 Å². The zero-order chi connectivity index (χ0) is 12.3. The number of thiophene rings is 1. The number of aliphatic hydroxyl groups is 1. The van der Waals surface area contributed by atoms with E-state index in [1.54, 1.807) is 11.3 Å². The second-order valence-corrected chi connectivity index (χ2v) is 7.20. The van der Waals surface area contributed by atoms with Crippen LogP contribution in [-0.2, 0) is 6.54 Å². The van der Waals surface area contributed by atoms with Gasteiger partial charge in [0.2, 0.25) is 0 Å². The summed E-state index contributed by atoms with van der Waals surface area (Å²) < 4.78 is 1.17. The van der Waals surface area contributed by atoms with Gasteiger partial charge < -0.3 is 10.4 Å². The maximum absolute atomic E-state index is 10.4. The van der Waals surface area contributed by atoms with E-state index < -0.39 is 5.60 Å². The van der Waals surface area contributed by atoms with Crippen LogP contribution in [0.1, 0.15) is 18.4 Å². The van der Waals surface area contributed by atoms with Crippen molar-refractivity contribution in [3.05, 3.63) is 20.8 Å². The van der Waals surface area contributed by atoms with E-state index in [2.05, 4.69) is 44.6 Å². The van der Waals surface area contributed by atoms with E-state index in [1.165, 1.54) is 9.35 Å². The number of nitrogens with one attached hydrogen (secondary N) is 1. The number of nitrogens with zero attached hydrogens (tertiary/aromatic N) is 1. The van der Waals surface area contributed by atoms with Gasteiger partial charge in [-0.1, -0.05) is 0 Å². The topological polar surface area (TPSA) is 35.5 Å². The van der Waals surface area contributed by atoms with Gasteiger partial charge in [-0.25, -0.2) is 0 Å². The minimum Gasteiger partial charge on any atom is -0.388 e. The first-order valence-electron chi connectivity index (χ1n) is 5.92. The molecule has 3 nitrogen and oxygen atoms in total. The molecule has 5 heteroatoms. The monoisotopic (exact) mass is 318 g/mol. The normalized spacial score (nSPS) is 19.8. The fourth-order valence-electron chi connectivity index (χ4n) is 2.35. The number of halogens is 1. The summed E-state index contributed by atoms with van der Waals surface area (Å²) in [4.78, 5) is 2.21. The molecule has 0 radical (unpaired) electrons. The second kappa shape index (κ2) is 5.80. The summed E-state index contributed by atoms with van der Waals surface area (Å²) >= 11 is 5.18. The highest BCUT2D eigenvalue weighted by molar-refractivity contribution is 9.11. The third kappa shape index (κ3) is 4.03. The van der Waals surface area contributed by atoms with Crippen molar-refractivity contribution < 1.29 is 5.11 Å². The average molecular weight is 319 g/mol. The van der Waals surface area contributed by atoms with E-state index in [1.807, 2.05) is 0 Å². The minimum absolute atomic E-state index is 0.507. The smallest absolute Gasteiger partial charge is 0.0798 e. The number of likely N-dealkylation sites (N-methyl/N-ethyl adjacent to an activating group) is 1. The largest absolute Gasteiger partial charge is 0.388 e. The highest BCUT2D eigenvalue weighted by Crippen LogP contribution is 2.23. The second-order valence-electron chi connectivity index (χ2n) is 4.91. The van der Waals surface area contributed by atoms with Crippen molar-refractivity contribution in [1.82, 2.24) is 10.2 Å². The summed E-state index contributed by atoms with van der Waals surface area (Å²) in [5.41, 5.74) is 0.801. The van der Waals surface area contributed by atoms with Crippen molar-refractivity contribution in [3.63, 3.8) is 0 Å². The van der Waals surface area contributed by atoms with Gasteiger partial charge in [-0.2, -0.15) is 0 Å². The Balaban J connectivity index is 1.85. The highest BCUT2D eigenvalue weighted by atomic mass is 79.9. The minimum atomic E-state index is -0.507. The fourth-order valence-corrected chi connectivity index (χ4v) is 3.55. The third-order valence-corrected chi connectivity index (χ3v) is 4.73. The lowest BCUT2D eigenvalue weighted by atomic mass is 9.92. The molecule has 2 N–H and O–H groups in total. The van der Waals surface area contributed by atoms with Gasteiger partial charge in [0.05, 0.1) is 9.39 Å². The molecule has 0 unspecified atom stereocenters. The predicted octanol–water partition coefficient (Wildman–Crippen LogP) is 2.06. The standard InChI is InChI=1S/C12H19BrN2OS/c1-15(7-10-6-11(13)17-8-10)9-12(16)2-4-14-5-3-12/h6,8,14,16H,2-5,7,9H2,1H3. The first-order chi connectivity index (χ1) is 8.07. The van der Waals surface area contributed by atoms with Gasteiger partial charge in [-0.15, -0.1) is 11.3 Å². The molecule has 0 spiro atoms. The van der Waals surface area contributed by atoms with Gasteiger partial charge in [-0.05, 0) is 65.9 Å². The molecule has 0 amide bonds. The molecule has 0 bridgehead atoms. The molecule has 1 aromatic heterocycles. The zero-order valence-electron chi connectivity index (χ0n) is 10.1. The van der Waals surface area contributed by atoms with Gasteiger partial charge in [-0.3, -0.25) is 4.90 Å². The van der Waals surface area contributed by atoms with Gasteiger partial charge in [0.1, 0.15) is 0 Å². The quantitative estimate of drug-likeness (QED) is 0.892. The summed E-state index contributed by atoms with van der Waals surface area (Å²) in [6.45, 7) is 3.50. The van der Waals surface area contributed by atoms with Gasteiger partial charge in [0.15, 0.2) is 0 Å². The SMILES string of the molecule is CN(Cc1csc(Br)c1)CC1(O)CCNCC1. The van der Waals surface area contributed by atoms with Crippen molar-refractivity contribution in [3.8, 4) is 0 Å². The Labute approximate surface area is 115 Å². The number of piperidine rings is 1. The van der Waals surface area contributed by atoms with Crippen LogP contribution in [0.25, 0.3) is 0 Å². The van der Waals surface area contributed by atoms with E-state index in [-0.39, 0.29) is 0 Å². The Morgan fingerprint density at radius 2 is 2.24 bits per heavy atom. The summed E-state index contributed by atoms with van der Waals surface area (Å²) in [6.07, 6.45) is 1.70. The zero-order valence-corrected chi connectivity index (χ0v) is 12.5. The lowest BCUT2D eigenvalue weighted by Gasteiger charge is -2.35. The maximum Gasteiger partial charge on any atom is 0.0798 e. The molecule has 0 saturated carbocycles. The lowest BCUT2D eigenvalue weighted by molar-refractivity contribution is -0.0168. The molecule has 2 heterocycles. The van der Waals surface area contributed by atoms with Crippen LogP contribution in [0.15, 0.2) is 15.2 Å². The summed E-state index contributed by atoms with van der Waals surface area (Å²) in [7, 11) is 2.07. The van der Waals surface area contributed by atoms with Crippen molar-refractivity contribution >= 4 is 27.3 Å². The molecule has 0 aliphatic carbocycles. The lowest BCUT2D eigenvalue weighted by Crippen LogP contribution is -2.48. The highest BCUT2D eigenvalue weighted by Gasteiger charge is 2.30. The van der Waals surface area contributed by atoms with Crippen molar-refractivity contribution in [1.29, 1.82) is 0 Å². The van der Waals surface area contributed by atoms with Crippen LogP contribution in [0.5, 0.6) is 0 Å². The molecular formula is C12H19BrN2OS. The number of hydrogen-bond donors (Lipinski definition) is 2. The number of rotatable bonds is 4. The molecular weight excluding hydrogens is 300 g/mol. The summed E-state index contributed by atoms with van der Waals surface area (Å²) in [5, 5.41) is 15.9. The molecule has 2 rings (SSSR count). The Morgan fingerprint density at radius 1 is 1.53 bits per heavy atom. The van der Waals surface area contributed by atoms with E-state index >= 15 is 0 Å². The summed E-state index contributed by atoms with van der Waals surface area (Å²) in [6, 6.07) is 2.15. The van der Waals surface area contributed by atoms with Gasteiger partial charge >= 0.3 is 0 Å². The van der Waals surface area contributed by atoms with E-state index in [9.17, 15) is 5.11 Å². The van der Waals surface area contributed by atoms with Crippen LogP contribution in [0.4, 0.5) is 0 Å². The Hall–Kier alpha value is 0.0600. The maximum atomic E-state index is 10.4. The molecule has 0 atom stereocenters. The van der Waals surface area contributed by atoms with Crippen LogP contribution >= 0.6 is 27.3 Å². The van der Waals surface area contributed by atoms with Crippen LogP contribution in [0.3, 0.4) is 0 Å². The third-order valence-electron chi connectivity index (χ3n) is 3.17. The molecule has 1 aliphatic rings. The molecule has 1 aromatic rings. The molecule has 1 aliphatic heterocycles. The van der Waals surface area contributed by atoms with Gasteiger partial charge in [0, 0.05) is 13.1 Å². The van der Waals surface area contributed by atoms with Crippen molar-refractivity contribution in [2.75, 3.05) is 26.7 Å². The Morgan fingerprint density at radius 3 is 2.82 bits per heavy atom. The van der Waals surface area contributed by atoms with Crippen LogP contribution in [0.2, 0.25) is 0 Å². The Bertz CT molecular complexity index is 363. The molecule has 0 aromatic carbocycles. The first kappa shape index (κ1) is 13.5. The van der Waals surface area contributed by atoms with Crippen LogP contribution in [-0.4, -0.2) is 42.3 Å². The van der Waals surface area contributed by atoms with Crippen molar-refractivity contribution in [2.45, 2.75) is 25.0 Å². The number of hydrogen-bond acceptors (Lipinski definition) is 4. The molecule has 1 fully saturated rings. The van der Waals surface area contributed by atoms with Crippen LogP contribution in [0, 0.1) is 0 Å². The summed E-state index contributed by atoms with van der Waals surface area (Å²) in [5.74, 6) is 0. The predicted molar refractivity (Wildman–Crippen MR) is 75.4 cm³/mol. The molecule has 1 saturated heterocycles. The van der Waals surface area contributed by atoms with Gasteiger partial charge in [0.25, 0.3) is 0 Å².